The highest BCUT2D eigenvalue weighted by Crippen LogP contribution is 2.41. The van der Waals surface area contributed by atoms with Crippen LogP contribution in [0.3, 0.4) is 0 Å². The highest BCUT2D eigenvalue weighted by atomic mass is 32.1. The van der Waals surface area contributed by atoms with E-state index in [2.05, 4.69) is 64.1 Å². The Kier molecular flexibility index (Phi) is 4.71. The van der Waals surface area contributed by atoms with Gasteiger partial charge in [-0.25, -0.2) is 0 Å². The molecule has 4 rings (SSSR count). The molecular weight excluding hydrogens is 380 g/mol. The van der Waals surface area contributed by atoms with Crippen LogP contribution in [0, 0.1) is 27.7 Å². The highest BCUT2D eigenvalue weighted by Gasteiger charge is 2.16. The van der Waals surface area contributed by atoms with Crippen LogP contribution in [-0.2, 0) is 6.42 Å². The third-order valence-electron chi connectivity index (χ3n) is 4.17. The standard InChI is InChI=1S/C21H20S4/c1-12-5-7-18(22-12)20-16(9-14(3)24-20)11-17-10-15(4)25-21(17)19-8-6-13(2)23-19/h5-10H,11H2,1-4H3. The first-order valence-corrected chi connectivity index (χ1v) is 11.6. The minimum Gasteiger partial charge on any atom is -0.140 e. The van der Waals surface area contributed by atoms with Crippen LogP contribution in [0.1, 0.15) is 30.6 Å². The van der Waals surface area contributed by atoms with E-state index in [1.54, 1.807) is 0 Å². The summed E-state index contributed by atoms with van der Waals surface area (Å²) in [5.41, 5.74) is 2.94. The predicted molar refractivity (Wildman–Crippen MR) is 117 cm³/mol. The van der Waals surface area contributed by atoms with Gasteiger partial charge < -0.3 is 0 Å². The second-order valence-electron chi connectivity index (χ2n) is 6.42. The predicted octanol–water partition coefficient (Wildman–Crippen LogP) is 8.09. The van der Waals surface area contributed by atoms with Crippen molar-refractivity contribution in [3.8, 4) is 19.5 Å². The van der Waals surface area contributed by atoms with Gasteiger partial charge in [0.05, 0.1) is 0 Å². The van der Waals surface area contributed by atoms with E-state index in [0.29, 0.717) is 0 Å². The topological polar surface area (TPSA) is 0 Å². The lowest BCUT2D eigenvalue weighted by atomic mass is 10.0. The van der Waals surface area contributed by atoms with E-state index in [4.69, 9.17) is 0 Å². The van der Waals surface area contributed by atoms with Crippen molar-refractivity contribution in [2.75, 3.05) is 0 Å². The van der Waals surface area contributed by atoms with Gasteiger partial charge in [-0.3, -0.25) is 0 Å². The molecule has 0 spiro atoms. The summed E-state index contributed by atoms with van der Waals surface area (Å²) in [7, 11) is 0. The molecule has 25 heavy (non-hydrogen) atoms. The highest BCUT2D eigenvalue weighted by molar-refractivity contribution is 7.22. The van der Waals surface area contributed by atoms with Crippen LogP contribution in [-0.4, -0.2) is 0 Å². The molecule has 0 unspecified atom stereocenters. The Hall–Kier alpha value is -1.20. The summed E-state index contributed by atoms with van der Waals surface area (Å²) in [4.78, 5) is 11.3. The van der Waals surface area contributed by atoms with Crippen molar-refractivity contribution in [1.82, 2.24) is 0 Å². The molecule has 0 aromatic carbocycles. The molecule has 0 aliphatic rings. The molecule has 0 saturated heterocycles. The van der Waals surface area contributed by atoms with Crippen molar-refractivity contribution in [2.24, 2.45) is 0 Å². The molecule has 0 aliphatic heterocycles. The Bertz CT molecular complexity index is 940. The quantitative estimate of drug-likeness (QED) is 0.325. The Morgan fingerprint density at radius 1 is 0.560 bits per heavy atom. The summed E-state index contributed by atoms with van der Waals surface area (Å²) in [5, 5.41) is 0. The molecule has 128 valence electrons. The minimum atomic E-state index is 1.02. The van der Waals surface area contributed by atoms with Crippen LogP contribution >= 0.6 is 45.3 Å². The lowest BCUT2D eigenvalue weighted by Crippen LogP contribution is -1.87. The fraction of sp³-hybridized carbons (Fsp3) is 0.238. The largest absolute Gasteiger partial charge is 0.140 e. The summed E-state index contributed by atoms with van der Waals surface area (Å²) in [6, 6.07) is 13.8. The Balaban J connectivity index is 1.75. The van der Waals surface area contributed by atoms with E-state index in [1.807, 2.05) is 45.3 Å². The SMILES string of the molecule is Cc1ccc(-c2sc(C)cc2Cc2cc(C)sc2-c2ccc(C)s2)s1. The number of thiophene rings is 4. The van der Waals surface area contributed by atoms with Crippen LogP contribution in [0.25, 0.3) is 19.5 Å². The van der Waals surface area contributed by atoms with E-state index < -0.39 is 0 Å². The molecule has 0 nitrogen and oxygen atoms in total. The molecule has 4 heteroatoms. The van der Waals surface area contributed by atoms with E-state index >= 15 is 0 Å². The van der Waals surface area contributed by atoms with E-state index in [9.17, 15) is 0 Å². The molecule has 0 aliphatic carbocycles. The normalized spacial score (nSPS) is 11.4. The average Bonchev–Trinajstić information content (AvgIpc) is 3.29. The zero-order valence-corrected chi connectivity index (χ0v) is 18.1. The maximum atomic E-state index is 2.38. The molecule has 0 N–H and O–H groups in total. The molecule has 4 aromatic heterocycles. The molecule has 0 bridgehead atoms. The van der Waals surface area contributed by atoms with Gasteiger partial charge in [0.1, 0.15) is 0 Å². The molecule has 0 radical (unpaired) electrons. The summed E-state index contributed by atoms with van der Waals surface area (Å²) >= 11 is 7.66. The summed E-state index contributed by atoms with van der Waals surface area (Å²) < 4.78 is 0. The Labute approximate surface area is 165 Å². The van der Waals surface area contributed by atoms with Gasteiger partial charge in [0.25, 0.3) is 0 Å². The van der Waals surface area contributed by atoms with Crippen LogP contribution in [0.2, 0.25) is 0 Å². The monoisotopic (exact) mass is 400 g/mol. The maximum absolute atomic E-state index is 2.38. The summed E-state index contributed by atoms with van der Waals surface area (Å²) in [6.45, 7) is 8.82. The minimum absolute atomic E-state index is 1.02. The zero-order chi connectivity index (χ0) is 17.6. The number of hydrogen-bond donors (Lipinski definition) is 0. The van der Waals surface area contributed by atoms with Crippen LogP contribution in [0.15, 0.2) is 36.4 Å². The average molecular weight is 401 g/mol. The Morgan fingerprint density at radius 2 is 1.00 bits per heavy atom. The molecule has 0 amide bonds. The van der Waals surface area contributed by atoms with Gasteiger partial charge in [0, 0.05) is 45.4 Å². The van der Waals surface area contributed by atoms with Gasteiger partial charge in [-0.1, -0.05) is 0 Å². The fourth-order valence-corrected chi connectivity index (χ4v) is 7.23. The van der Waals surface area contributed by atoms with Crippen molar-refractivity contribution in [3.63, 3.8) is 0 Å². The van der Waals surface area contributed by atoms with Crippen LogP contribution in [0.5, 0.6) is 0 Å². The van der Waals surface area contributed by atoms with Gasteiger partial charge in [-0.05, 0) is 75.2 Å². The van der Waals surface area contributed by atoms with Crippen molar-refractivity contribution in [3.05, 3.63) is 67.0 Å². The smallest absolute Gasteiger partial charge is 0.0480 e. The van der Waals surface area contributed by atoms with E-state index in [0.717, 1.165) is 6.42 Å². The van der Waals surface area contributed by atoms with E-state index in [1.165, 1.54) is 50.1 Å². The van der Waals surface area contributed by atoms with Crippen molar-refractivity contribution >= 4 is 45.3 Å². The summed E-state index contributed by atoms with van der Waals surface area (Å²) in [5.74, 6) is 0. The van der Waals surface area contributed by atoms with Gasteiger partial charge in [0.15, 0.2) is 0 Å². The van der Waals surface area contributed by atoms with Gasteiger partial charge in [-0.2, -0.15) is 0 Å². The second kappa shape index (κ2) is 6.84. The van der Waals surface area contributed by atoms with Crippen molar-refractivity contribution in [1.29, 1.82) is 0 Å². The van der Waals surface area contributed by atoms with Crippen LogP contribution in [0.4, 0.5) is 0 Å². The number of aryl methyl sites for hydroxylation is 4. The first-order valence-electron chi connectivity index (χ1n) is 8.32. The first-order chi connectivity index (χ1) is 12.0. The van der Waals surface area contributed by atoms with Gasteiger partial charge >= 0.3 is 0 Å². The third kappa shape index (κ3) is 3.54. The molecule has 4 heterocycles. The molecule has 0 atom stereocenters. The lowest BCUT2D eigenvalue weighted by molar-refractivity contribution is 1.23. The van der Waals surface area contributed by atoms with Gasteiger partial charge in [-0.15, -0.1) is 45.3 Å². The van der Waals surface area contributed by atoms with E-state index in [-0.39, 0.29) is 0 Å². The molecule has 0 saturated carbocycles. The van der Waals surface area contributed by atoms with Crippen molar-refractivity contribution in [2.45, 2.75) is 34.1 Å². The fourth-order valence-electron chi connectivity index (χ4n) is 3.13. The van der Waals surface area contributed by atoms with Gasteiger partial charge in [0.2, 0.25) is 0 Å². The lowest BCUT2D eigenvalue weighted by Gasteiger charge is -2.04. The molecule has 0 fully saturated rings. The van der Waals surface area contributed by atoms with Crippen LogP contribution < -0.4 is 0 Å². The first kappa shape index (κ1) is 17.2. The molecular formula is C21H20S4. The zero-order valence-electron chi connectivity index (χ0n) is 14.8. The Morgan fingerprint density at radius 3 is 1.36 bits per heavy atom. The second-order valence-corrected chi connectivity index (χ2v) is 11.5. The number of rotatable bonds is 4. The number of hydrogen-bond acceptors (Lipinski definition) is 4. The molecule has 4 aromatic rings. The third-order valence-corrected chi connectivity index (χ3v) is 8.72. The van der Waals surface area contributed by atoms with Crippen molar-refractivity contribution < 1.29 is 0 Å². The summed E-state index contributed by atoms with van der Waals surface area (Å²) in [6.07, 6.45) is 1.02. The maximum Gasteiger partial charge on any atom is 0.0480 e.